The molecule has 0 aliphatic rings. The van der Waals surface area contributed by atoms with Crippen molar-refractivity contribution in [2.24, 2.45) is 0 Å². The van der Waals surface area contributed by atoms with E-state index < -0.39 is 0 Å². The topological polar surface area (TPSA) is 50.4 Å². The average Bonchev–Trinajstić information content (AvgIpc) is 2.36. The van der Waals surface area contributed by atoms with Gasteiger partial charge in [0.15, 0.2) is 0 Å². The fourth-order valence-electron chi connectivity index (χ4n) is 1.80. The summed E-state index contributed by atoms with van der Waals surface area (Å²) in [6, 6.07) is 6.42. The van der Waals surface area contributed by atoms with Crippen LogP contribution in [0.4, 0.5) is 0 Å². The highest BCUT2D eigenvalue weighted by atomic mass is 16.5. The normalized spacial score (nSPS) is 10.6. The van der Waals surface area contributed by atoms with E-state index in [1.165, 1.54) is 5.56 Å². The maximum atomic E-state index is 11.5. The van der Waals surface area contributed by atoms with Crippen molar-refractivity contribution in [2.75, 3.05) is 20.2 Å². The van der Waals surface area contributed by atoms with E-state index in [-0.39, 0.29) is 5.91 Å². The fraction of sp³-hybridized carbons (Fsp3) is 0.533. The van der Waals surface area contributed by atoms with Gasteiger partial charge < -0.3 is 15.4 Å². The smallest absolute Gasteiger partial charge is 0.233 e. The van der Waals surface area contributed by atoms with Gasteiger partial charge in [-0.05, 0) is 30.5 Å². The second-order valence-corrected chi connectivity index (χ2v) is 4.94. The number of rotatable bonds is 7. The average molecular weight is 264 g/mol. The van der Waals surface area contributed by atoms with Crippen molar-refractivity contribution in [3.63, 3.8) is 0 Å². The lowest BCUT2D eigenvalue weighted by Gasteiger charge is -2.10. The van der Waals surface area contributed by atoms with Gasteiger partial charge in [0.1, 0.15) is 5.75 Å². The van der Waals surface area contributed by atoms with Crippen LogP contribution in [0.3, 0.4) is 0 Å². The molecule has 0 unspecified atom stereocenters. The molecule has 4 heteroatoms. The zero-order valence-electron chi connectivity index (χ0n) is 12.2. The molecule has 0 fully saturated rings. The van der Waals surface area contributed by atoms with Crippen LogP contribution in [0.1, 0.15) is 25.0 Å². The SMILES string of the molecule is COc1ccc(CCNC(=O)CNC(C)C)cc1C. The van der Waals surface area contributed by atoms with Crippen LogP contribution >= 0.6 is 0 Å². The van der Waals surface area contributed by atoms with Gasteiger partial charge in [-0.25, -0.2) is 0 Å². The molecule has 1 aromatic carbocycles. The Kier molecular flexibility index (Phi) is 6.36. The van der Waals surface area contributed by atoms with Gasteiger partial charge in [0.25, 0.3) is 0 Å². The molecule has 1 aromatic rings. The Labute approximate surface area is 115 Å². The summed E-state index contributed by atoms with van der Waals surface area (Å²) in [4.78, 5) is 11.5. The maximum Gasteiger partial charge on any atom is 0.233 e. The van der Waals surface area contributed by atoms with E-state index >= 15 is 0 Å². The summed E-state index contributed by atoms with van der Waals surface area (Å²) in [6.07, 6.45) is 0.832. The Balaban J connectivity index is 2.33. The third-order valence-electron chi connectivity index (χ3n) is 2.87. The number of ether oxygens (including phenoxy) is 1. The Morgan fingerprint density at radius 1 is 1.37 bits per heavy atom. The molecule has 0 atom stereocenters. The van der Waals surface area contributed by atoms with E-state index in [1.807, 2.05) is 32.9 Å². The van der Waals surface area contributed by atoms with E-state index in [2.05, 4.69) is 16.7 Å². The summed E-state index contributed by atoms with van der Waals surface area (Å²) in [5.74, 6) is 0.938. The highest BCUT2D eigenvalue weighted by molar-refractivity contribution is 5.77. The molecule has 0 radical (unpaired) electrons. The standard InChI is InChI=1S/C15H24N2O2/c1-11(2)17-10-15(18)16-8-7-13-5-6-14(19-4)12(3)9-13/h5-6,9,11,17H,7-8,10H2,1-4H3,(H,16,18). The maximum absolute atomic E-state index is 11.5. The first-order valence-corrected chi connectivity index (χ1v) is 6.66. The quantitative estimate of drug-likeness (QED) is 0.787. The van der Waals surface area contributed by atoms with Crippen molar-refractivity contribution in [1.29, 1.82) is 0 Å². The molecule has 0 heterocycles. The summed E-state index contributed by atoms with van der Waals surface area (Å²) in [6.45, 7) is 7.10. The van der Waals surface area contributed by atoms with E-state index in [4.69, 9.17) is 4.74 Å². The van der Waals surface area contributed by atoms with Crippen LogP contribution in [-0.2, 0) is 11.2 Å². The lowest BCUT2D eigenvalue weighted by Crippen LogP contribution is -2.37. The first-order valence-electron chi connectivity index (χ1n) is 6.66. The van der Waals surface area contributed by atoms with E-state index in [1.54, 1.807) is 7.11 Å². The highest BCUT2D eigenvalue weighted by Crippen LogP contribution is 2.18. The van der Waals surface area contributed by atoms with Gasteiger partial charge >= 0.3 is 0 Å². The molecule has 0 saturated heterocycles. The molecule has 4 nitrogen and oxygen atoms in total. The van der Waals surface area contributed by atoms with E-state index in [9.17, 15) is 4.79 Å². The predicted molar refractivity (Wildman–Crippen MR) is 77.6 cm³/mol. The molecule has 0 aliphatic heterocycles. The van der Waals surface area contributed by atoms with Crippen molar-refractivity contribution < 1.29 is 9.53 Å². The molecule has 0 aromatic heterocycles. The molecular weight excluding hydrogens is 240 g/mol. The number of carbonyl (C=O) groups is 1. The molecule has 0 bridgehead atoms. The van der Waals surface area contributed by atoms with Crippen molar-refractivity contribution in [2.45, 2.75) is 33.2 Å². The molecule has 1 rings (SSSR count). The summed E-state index contributed by atoms with van der Waals surface area (Å²) in [7, 11) is 1.67. The first kappa shape index (κ1) is 15.5. The highest BCUT2D eigenvalue weighted by Gasteiger charge is 2.03. The largest absolute Gasteiger partial charge is 0.496 e. The fourth-order valence-corrected chi connectivity index (χ4v) is 1.80. The number of methoxy groups -OCH3 is 1. The minimum atomic E-state index is 0.0407. The minimum absolute atomic E-state index is 0.0407. The van der Waals surface area contributed by atoms with Crippen molar-refractivity contribution in [3.8, 4) is 5.75 Å². The zero-order valence-corrected chi connectivity index (χ0v) is 12.2. The molecule has 19 heavy (non-hydrogen) atoms. The first-order chi connectivity index (χ1) is 9.02. The van der Waals surface area contributed by atoms with Gasteiger partial charge in [-0.1, -0.05) is 26.0 Å². The molecule has 106 valence electrons. The van der Waals surface area contributed by atoms with Crippen LogP contribution in [0.25, 0.3) is 0 Å². The Morgan fingerprint density at radius 2 is 2.11 bits per heavy atom. The van der Waals surface area contributed by atoms with Gasteiger partial charge in [0, 0.05) is 12.6 Å². The number of hydrogen-bond acceptors (Lipinski definition) is 3. The summed E-state index contributed by atoms with van der Waals surface area (Å²) in [5.41, 5.74) is 2.32. The van der Waals surface area contributed by atoms with E-state index in [0.717, 1.165) is 17.7 Å². The predicted octanol–water partition coefficient (Wildman–Crippen LogP) is 1.66. The van der Waals surface area contributed by atoms with Gasteiger partial charge in [0.2, 0.25) is 5.91 Å². The molecule has 2 N–H and O–H groups in total. The number of benzene rings is 1. The van der Waals surface area contributed by atoms with Crippen LogP contribution in [0, 0.1) is 6.92 Å². The lowest BCUT2D eigenvalue weighted by atomic mass is 10.1. The monoisotopic (exact) mass is 264 g/mol. The van der Waals surface area contributed by atoms with Crippen molar-refractivity contribution in [1.82, 2.24) is 10.6 Å². The molecule has 1 amide bonds. The molecular formula is C15H24N2O2. The van der Waals surface area contributed by atoms with Crippen LogP contribution < -0.4 is 15.4 Å². The van der Waals surface area contributed by atoms with Crippen LogP contribution in [0.2, 0.25) is 0 Å². The second-order valence-electron chi connectivity index (χ2n) is 4.94. The van der Waals surface area contributed by atoms with Crippen LogP contribution in [-0.4, -0.2) is 32.1 Å². The van der Waals surface area contributed by atoms with E-state index in [0.29, 0.717) is 19.1 Å². The molecule has 0 saturated carbocycles. The Bertz CT molecular complexity index is 417. The number of aryl methyl sites for hydroxylation is 1. The second kappa shape index (κ2) is 7.79. The van der Waals surface area contributed by atoms with Gasteiger partial charge in [-0.3, -0.25) is 4.79 Å². The summed E-state index contributed by atoms with van der Waals surface area (Å²) in [5, 5.41) is 5.99. The molecule has 0 spiro atoms. The van der Waals surface area contributed by atoms with Crippen LogP contribution in [0.15, 0.2) is 18.2 Å². The van der Waals surface area contributed by atoms with Gasteiger partial charge in [-0.2, -0.15) is 0 Å². The van der Waals surface area contributed by atoms with Gasteiger partial charge in [0.05, 0.1) is 13.7 Å². The lowest BCUT2D eigenvalue weighted by molar-refractivity contribution is -0.120. The zero-order chi connectivity index (χ0) is 14.3. The third kappa shape index (κ3) is 5.75. The molecule has 0 aliphatic carbocycles. The number of amides is 1. The third-order valence-corrected chi connectivity index (χ3v) is 2.87. The summed E-state index contributed by atoms with van der Waals surface area (Å²) >= 11 is 0. The summed E-state index contributed by atoms with van der Waals surface area (Å²) < 4.78 is 5.22. The Morgan fingerprint density at radius 3 is 2.68 bits per heavy atom. The van der Waals surface area contributed by atoms with Crippen LogP contribution in [0.5, 0.6) is 5.75 Å². The number of hydrogen-bond donors (Lipinski definition) is 2. The number of nitrogens with one attached hydrogen (secondary N) is 2. The minimum Gasteiger partial charge on any atom is -0.496 e. The number of carbonyl (C=O) groups excluding carboxylic acids is 1. The Hall–Kier alpha value is -1.55. The van der Waals surface area contributed by atoms with Gasteiger partial charge in [-0.15, -0.1) is 0 Å². The van der Waals surface area contributed by atoms with Crippen molar-refractivity contribution in [3.05, 3.63) is 29.3 Å². The van der Waals surface area contributed by atoms with Crippen molar-refractivity contribution >= 4 is 5.91 Å².